The molecule has 0 bridgehead atoms. The summed E-state index contributed by atoms with van der Waals surface area (Å²) < 4.78 is 44.1. The summed E-state index contributed by atoms with van der Waals surface area (Å²) in [7, 11) is -2.91. The Bertz CT molecular complexity index is 910. The molecule has 0 aliphatic heterocycles. The highest BCUT2D eigenvalue weighted by Gasteiger charge is 2.32. The van der Waals surface area contributed by atoms with Crippen molar-refractivity contribution in [3.63, 3.8) is 0 Å². The highest BCUT2D eigenvalue weighted by molar-refractivity contribution is 7.99. The lowest BCUT2D eigenvalue weighted by Crippen LogP contribution is -2.29. The minimum absolute atomic E-state index is 0.153. The zero-order valence-electron chi connectivity index (χ0n) is 19.7. The number of unbranched alkanes of at least 4 members (excludes halogenated alkanes) is 1. The van der Waals surface area contributed by atoms with Crippen LogP contribution in [0.2, 0.25) is 0 Å². The molecule has 1 unspecified atom stereocenters. The summed E-state index contributed by atoms with van der Waals surface area (Å²) in [6.45, 7) is 0.834. The van der Waals surface area contributed by atoms with Crippen LogP contribution in [0, 0.1) is 11.6 Å². The van der Waals surface area contributed by atoms with Crippen LogP contribution < -0.4 is 5.32 Å². The summed E-state index contributed by atoms with van der Waals surface area (Å²) in [5.74, 6) is -0.0379. The van der Waals surface area contributed by atoms with Crippen LogP contribution in [0.5, 0.6) is 0 Å². The molecule has 0 aromatic heterocycles. The van der Waals surface area contributed by atoms with E-state index in [0.29, 0.717) is 17.9 Å². The van der Waals surface area contributed by atoms with Gasteiger partial charge < -0.3 is 14.7 Å². The highest BCUT2D eigenvalue weighted by atomic mass is 32.2. The van der Waals surface area contributed by atoms with Crippen molar-refractivity contribution in [1.29, 1.82) is 0 Å². The third-order valence-electron chi connectivity index (χ3n) is 6.64. The fourth-order valence-electron chi connectivity index (χ4n) is 4.85. The number of halogens is 2. The maximum Gasteiger partial charge on any atom is 0.316 e. The Hall–Kier alpha value is -1.24. The van der Waals surface area contributed by atoms with E-state index in [1.807, 2.05) is 0 Å². The van der Waals surface area contributed by atoms with Crippen molar-refractivity contribution in [2.75, 3.05) is 18.9 Å². The topological polar surface area (TPSA) is 58.6 Å². The number of hydrogen-bond donors (Lipinski definition) is 2. The normalized spacial score (nSPS) is 16.4. The minimum Gasteiger partial charge on any atom is -0.326 e. The second-order valence-electron chi connectivity index (χ2n) is 9.03. The Morgan fingerprint density at radius 3 is 2.53 bits per heavy atom. The molecule has 2 aromatic rings. The average molecular weight is 512 g/mol. The Balaban J connectivity index is 1.43. The van der Waals surface area contributed by atoms with Gasteiger partial charge in [0.05, 0.1) is 6.61 Å². The van der Waals surface area contributed by atoms with Gasteiger partial charge in [-0.2, -0.15) is 0 Å². The third-order valence-corrected chi connectivity index (χ3v) is 8.21. The van der Waals surface area contributed by atoms with E-state index in [0.717, 1.165) is 25.0 Å². The molecule has 0 amide bonds. The third kappa shape index (κ3) is 8.46. The maximum absolute atomic E-state index is 14.5. The summed E-state index contributed by atoms with van der Waals surface area (Å²) >= 11 is 1.39. The van der Waals surface area contributed by atoms with Gasteiger partial charge in [0, 0.05) is 17.0 Å². The van der Waals surface area contributed by atoms with E-state index in [1.165, 1.54) is 61.6 Å². The second kappa shape index (κ2) is 14.4. The fraction of sp³-hybridized carbons (Fsp3) is 0.538. The average Bonchev–Trinajstić information content (AvgIpc) is 2.84. The zero-order valence-corrected chi connectivity index (χ0v) is 21.5. The summed E-state index contributed by atoms with van der Waals surface area (Å²) in [5, 5.41) is 3.01. The first-order chi connectivity index (χ1) is 16.5. The molecular weight excluding hydrogens is 475 g/mol. The molecular formula is C26H36F2NO3PS. The van der Waals surface area contributed by atoms with Crippen molar-refractivity contribution >= 4 is 20.0 Å². The summed E-state index contributed by atoms with van der Waals surface area (Å²) in [6, 6.07) is 13.4. The highest BCUT2D eigenvalue weighted by Crippen LogP contribution is 2.43. The predicted molar refractivity (Wildman–Crippen MR) is 136 cm³/mol. The lowest BCUT2D eigenvalue weighted by molar-refractivity contribution is 0.268. The van der Waals surface area contributed by atoms with Gasteiger partial charge in [-0.25, -0.2) is 8.78 Å². The number of rotatable bonds is 14. The lowest BCUT2D eigenvalue weighted by atomic mass is 9.67. The van der Waals surface area contributed by atoms with Crippen molar-refractivity contribution in [2.45, 2.75) is 74.6 Å². The van der Waals surface area contributed by atoms with E-state index < -0.39 is 19.9 Å². The van der Waals surface area contributed by atoms with E-state index >= 15 is 0 Å². The molecule has 0 spiro atoms. The van der Waals surface area contributed by atoms with Gasteiger partial charge in [0.25, 0.3) is 0 Å². The quantitative estimate of drug-likeness (QED) is 0.162. The van der Waals surface area contributed by atoms with Crippen molar-refractivity contribution in [2.24, 2.45) is 0 Å². The Kier molecular flexibility index (Phi) is 11.5. The first-order valence-corrected chi connectivity index (χ1v) is 14.5. The van der Waals surface area contributed by atoms with Gasteiger partial charge in [0.15, 0.2) is 0 Å². The molecule has 1 atom stereocenters. The van der Waals surface area contributed by atoms with Crippen LogP contribution >= 0.6 is 20.0 Å². The SMILES string of the molecule is O=[PH](O)OCCCNCc1cc(F)c(SCCCCC2(c3ccccc3)CCCCC2)cc1F. The van der Waals surface area contributed by atoms with Crippen molar-refractivity contribution in [3.05, 3.63) is 65.2 Å². The molecule has 0 radical (unpaired) electrons. The van der Waals surface area contributed by atoms with E-state index in [-0.39, 0.29) is 24.1 Å². The van der Waals surface area contributed by atoms with E-state index in [4.69, 9.17) is 4.89 Å². The van der Waals surface area contributed by atoms with Crippen molar-refractivity contribution < 1.29 is 22.8 Å². The molecule has 1 aliphatic rings. The van der Waals surface area contributed by atoms with E-state index in [2.05, 4.69) is 40.2 Å². The van der Waals surface area contributed by atoms with Gasteiger partial charge in [-0.3, -0.25) is 4.57 Å². The van der Waals surface area contributed by atoms with Crippen LogP contribution in [0.3, 0.4) is 0 Å². The largest absolute Gasteiger partial charge is 0.326 e. The Labute approximate surface area is 206 Å². The van der Waals surface area contributed by atoms with Crippen LogP contribution in [0.25, 0.3) is 0 Å². The van der Waals surface area contributed by atoms with Crippen LogP contribution in [0.1, 0.15) is 68.9 Å². The number of thioether (sulfide) groups is 1. The monoisotopic (exact) mass is 511 g/mol. The molecule has 0 saturated heterocycles. The second-order valence-corrected chi connectivity index (χ2v) is 11.0. The fourth-order valence-corrected chi connectivity index (χ4v) is 6.12. The van der Waals surface area contributed by atoms with Crippen LogP contribution in [-0.2, 0) is 21.0 Å². The number of hydrogen-bond acceptors (Lipinski definition) is 4. The lowest BCUT2D eigenvalue weighted by Gasteiger charge is -2.38. The van der Waals surface area contributed by atoms with Gasteiger partial charge in [-0.15, -0.1) is 11.8 Å². The van der Waals surface area contributed by atoms with E-state index in [1.54, 1.807) is 0 Å². The number of benzene rings is 2. The van der Waals surface area contributed by atoms with Gasteiger partial charge in [0.2, 0.25) is 0 Å². The van der Waals surface area contributed by atoms with Crippen LogP contribution in [0.4, 0.5) is 8.78 Å². The molecule has 2 aromatic carbocycles. The molecule has 1 aliphatic carbocycles. The molecule has 1 fully saturated rings. The van der Waals surface area contributed by atoms with E-state index in [9.17, 15) is 13.3 Å². The van der Waals surface area contributed by atoms with Gasteiger partial charge in [-0.05, 0) is 67.5 Å². The molecule has 3 rings (SSSR count). The first kappa shape index (κ1) is 27.3. The molecule has 4 nitrogen and oxygen atoms in total. The van der Waals surface area contributed by atoms with Crippen molar-refractivity contribution in [3.8, 4) is 0 Å². The summed E-state index contributed by atoms with van der Waals surface area (Å²) in [6.07, 6.45) is 10.1. The molecule has 8 heteroatoms. The minimum atomic E-state index is -2.91. The zero-order chi connectivity index (χ0) is 24.2. The molecule has 2 N–H and O–H groups in total. The summed E-state index contributed by atoms with van der Waals surface area (Å²) in [4.78, 5) is 8.96. The molecule has 34 heavy (non-hydrogen) atoms. The molecule has 0 heterocycles. The Morgan fingerprint density at radius 2 is 1.79 bits per heavy atom. The summed E-state index contributed by atoms with van der Waals surface area (Å²) in [5.41, 5.74) is 2.01. The van der Waals surface area contributed by atoms with Gasteiger partial charge in [-0.1, -0.05) is 56.0 Å². The standard InChI is InChI=1S/C26H36F2NO3PS/c27-23-19-25(24(28)18-21(23)20-29-15-9-16-32-33(30)31)34-17-8-7-14-26(12-5-2-6-13-26)22-10-3-1-4-11-22/h1,3-4,10-11,18-19,29,33H,2,5-9,12-17,20H2,(H,30,31). The van der Waals surface area contributed by atoms with Crippen LogP contribution in [-0.4, -0.2) is 23.8 Å². The molecule has 188 valence electrons. The smallest absolute Gasteiger partial charge is 0.316 e. The Morgan fingerprint density at radius 1 is 1.03 bits per heavy atom. The first-order valence-electron chi connectivity index (χ1n) is 12.2. The predicted octanol–water partition coefficient (Wildman–Crippen LogP) is 7.01. The van der Waals surface area contributed by atoms with Gasteiger partial charge >= 0.3 is 8.25 Å². The maximum atomic E-state index is 14.5. The number of nitrogens with one attached hydrogen (secondary N) is 1. The molecule has 1 saturated carbocycles. The van der Waals surface area contributed by atoms with Crippen LogP contribution in [0.15, 0.2) is 47.4 Å². The van der Waals surface area contributed by atoms with Gasteiger partial charge in [0.1, 0.15) is 11.6 Å². The van der Waals surface area contributed by atoms with Crippen molar-refractivity contribution in [1.82, 2.24) is 5.32 Å².